The molecule has 0 aliphatic heterocycles. The maximum Gasteiger partial charge on any atom is 0.0959 e. The van der Waals surface area contributed by atoms with Crippen LogP contribution in [0.15, 0.2) is 23.0 Å². The van der Waals surface area contributed by atoms with Crippen LogP contribution >= 0.6 is 0 Å². The maximum atomic E-state index is 11.2. The summed E-state index contributed by atoms with van der Waals surface area (Å²) in [6.45, 7) is 4.67. The molecule has 3 saturated carbocycles. The topological polar surface area (TPSA) is 49.7 Å². The first-order valence-corrected chi connectivity index (χ1v) is 10.2. The van der Waals surface area contributed by atoms with Crippen molar-refractivity contribution in [1.29, 1.82) is 0 Å². The van der Waals surface area contributed by atoms with Gasteiger partial charge in [-0.1, -0.05) is 25.0 Å². The number of aliphatic hydroxyl groups is 2. The fourth-order valence-corrected chi connectivity index (χ4v) is 8.16. The molecule has 5 rings (SSSR count). The largest absolute Gasteiger partial charge is 0.501 e. The van der Waals surface area contributed by atoms with E-state index in [0.29, 0.717) is 23.7 Å². The first-order chi connectivity index (χ1) is 11.9. The van der Waals surface area contributed by atoms with E-state index in [2.05, 4.69) is 19.9 Å². The van der Waals surface area contributed by atoms with Crippen molar-refractivity contribution in [3.8, 4) is 0 Å². The normalized spacial score (nSPS) is 53.4. The number of ether oxygens (including phenoxy) is 1. The predicted molar refractivity (Wildman–Crippen MR) is 96.6 cm³/mol. The van der Waals surface area contributed by atoms with Gasteiger partial charge < -0.3 is 14.9 Å². The molecule has 2 N–H and O–H groups in total. The lowest BCUT2D eigenvalue weighted by atomic mass is 9.47. The van der Waals surface area contributed by atoms with Crippen LogP contribution in [0.4, 0.5) is 0 Å². The summed E-state index contributed by atoms with van der Waals surface area (Å²) >= 11 is 0. The van der Waals surface area contributed by atoms with Crippen molar-refractivity contribution in [3.05, 3.63) is 23.0 Å². The Kier molecular flexibility index (Phi) is 3.22. The van der Waals surface area contributed by atoms with E-state index in [9.17, 15) is 10.2 Å². The summed E-state index contributed by atoms with van der Waals surface area (Å²) in [5.41, 5.74) is 2.66. The minimum absolute atomic E-state index is 0.0681. The molecular weight excluding hydrogens is 312 g/mol. The van der Waals surface area contributed by atoms with E-state index in [1.807, 2.05) is 0 Å². The van der Waals surface area contributed by atoms with Crippen LogP contribution in [0.5, 0.6) is 0 Å². The average molecular weight is 344 g/mol. The van der Waals surface area contributed by atoms with Crippen molar-refractivity contribution >= 4 is 0 Å². The van der Waals surface area contributed by atoms with Crippen LogP contribution in [0.2, 0.25) is 0 Å². The smallest absolute Gasteiger partial charge is 0.0959 e. The summed E-state index contributed by atoms with van der Waals surface area (Å²) in [5, 5.41) is 21.2. The molecule has 1 spiro atoms. The highest BCUT2D eigenvalue weighted by molar-refractivity contribution is 5.38. The van der Waals surface area contributed by atoms with Crippen LogP contribution in [0.3, 0.4) is 0 Å². The summed E-state index contributed by atoms with van der Waals surface area (Å²) in [6.07, 6.45) is 9.89. The van der Waals surface area contributed by atoms with Crippen molar-refractivity contribution in [2.75, 3.05) is 13.7 Å². The summed E-state index contributed by atoms with van der Waals surface area (Å²) in [5.74, 6) is 3.81. The van der Waals surface area contributed by atoms with Gasteiger partial charge in [-0.25, -0.2) is 0 Å². The van der Waals surface area contributed by atoms with Gasteiger partial charge in [0.1, 0.15) is 0 Å². The van der Waals surface area contributed by atoms with Crippen molar-refractivity contribution in [2.45, 2.75) is 64.4 Å². The first kappa shape index (κ1) is 16.4. The molecule has 3 unspecified atom stereocenters. The molecule has 0 aromatic heterocycles. The lowest BCUT2D eigenvalue weighted by Crippen LogP contribution is -2.57. The van der Waals surface area contributed by atoms with Gasteiger partial charge in [0.15, 0.2) is 0 Å². The number of fused-ring (bicyclic) bond motifs is 2. The quantitative estimate of drug-likeness (QED) is 0.749. The Morgan fingerprint density at radius 3 is 2.84 bits per heavy atom. The van der Waals surface area contributed by atoms with Crippen LogP contribution in [-0.2, 0) is 4.74 Å². The minimum Gasteiger partial charge on any atom is -0.501 e. The lowest BCUT2D eigenvalue weighted by Gasteiger charge is -2.58. The second-order valence-electron chi connectivity index (χ2n) is 9.90. The van der Waals surface area contributed by atoms with Gasteiger partial charge in [0, 0.05) is 11.8 Å². The molecule has 3 fully saturated rings. The van der Waals surface area contributed by atoms with E-state index < -0.39 is 5.60 Å². The minimum atomic E-state index is -0.856. The van der Waals surface area contributed by atoms with Crippen molar-refractivity contribution < 1.29 is 14.9 Å². The van der Waals surface area contributed by atoms with Crippen molar-refractivity contribution in [2.24, 2.45) is 34.5 Å². The Morgan fingerprint density at radius 2 is 2.12 bits per heavy atom. The summed E-state index contributed by atoms with van der Waals surface area (Å²) < 4.78 is 5.53. The molecule has 138 valence electrons. The maximum absolute atomic E-state index is 11.2. The SMILES string of the molecule is COC1=CCC2=C(C1)CC(C)[C@@H]1[C@@H]2CC[C@]2(C)C(O)(CO)CC3C[C@]312. The van der Waals surface area contributed by atoms with Gasteiger partial charge in [0.2, 0.25) is 0 Å². The monoisotopic (exact) mass is 344 g/mol. The van der Waals surface area contributed by atoms with Crippen molar-refractivity contribution in [1.82, 2.24) is 0 Å². The van der Waals surface area contributed by atoms with Gasteiger partial charge in [0.05, 0.1) is 25.1 Å². The van der Waals surface area contributed by atoms with Crippen LogP contribution in [0, 0.1) is 34.5 Å². The van der Waals surface area contributed by atoms with Gasteiger partial charge in [-0.05, 0) is 73.7 Å². The molecule has 3 heteroatoms. The lowest BCUT2D eigenvalue weighted by molar-refractivity contribution is -0.160. The highest BCUT2D eigenvalue weighted by Crippen LogP contribution is 2.84. The number of allylic oxidation sites excluding steroid dienone is 3. The zero-order valence-corrected chi connectivity index (χ0v) is 15.8. The molecule has 0 bridgehead atoms. The van der Waals surface area contributed by atoms with Gasteiger partial charge in [-0.15, -0.1) is 0 Å². The molecule has 0 saturated heterocycles. The van der Waals surface area contributed by atoms with Crippen LogP contribution in [-0.4, -0.2) is 29.5 Å². The van der Waals surface area contributed by atoms with E-state index in [-0.39, 0.29) is 17.4 Å². The van der Waals surface area contributed by atoms with E-state index in [1.54, 1.807) is 18.3 Å². The number of aliphatic hydroxyl groups excluding tert-OH is 1. The third-order valence-electron chi connectivity index (χ3n) is 9.32. The van der Waals surface area contributed by atoms with Crippen molar-refractivity contribution in [3.63, 3.8) is 0 Å². The zero-order valence-electron chi connectivity index (χ0n) is 15.8. The molecule has 0 heterocycles. The number of hydrogen-bond acceptors (Lipinski definition) is 3. The number of hydrogen-bond donors (Lipinski definition) is 2. The second kappa shape index (κ2) is 4.92. The second-order valence-corrected chi connectivity index (χ2v) is 9.90. The van der Waals surface area contributed by atoms with Crippen LogP contribution < -0.4 is 0 Å². The Labute approximate surface area is 151 Å². The highest BCUT2D eigenvalue weighted by atomic mass is 16.5. The van der Waals surface area contributed by atoms with E-state index >= 15 is 0 Å². The molecule has 7 atom stereocenters. The number of methoxy groups -OCH3 is 1. The van der Waals surface area contributed by atoms with Gasteiger partial charge >= 0.3 is 0 Å². The molecule has 0 amide bonds. The molecule has 0 aromatic carbocycles. The third kappa shape index (κ3) is 1.75. The van der Waals surface area contributed by atoms with Crippen LogP contribution in [0.25, 0.3) is 0 Å². The molecule has 0 radical (unpaired) electrons. The number of rotatable bonds is 2. The fourth-order valence-electron chi connectivity index (χ4n) is 8.16. The summed E-state index contributed by atoms with van der Waals surface area (Å²) in [4.78, 5) is 0. The Bertz CT molecular complexity index is 679. The zero-order chi connectivity index (χ0) is 17.6. The average Bonchev–Trinajstić information content (AvgIpc) is 3.26. The van der Waals surface area contributed by atoms with E-state index in [1.165, 1.54) is 19.3 Å². The molecule has 3 nitrogen and oxygen atoms in total. The summed E-state index contributed by atoms with van der Waals surface area (Å²) in [7, 11) is 1.79. The van der Waals surface area contributed by atoms with Gasteiger partial charge in [0.25, 0.3) is 0 Å². The first-order valence-electron chi connectivity index (χ1n) is 10.2. The standard InChI is InChI=1S/C22H32O3/c1-13-8-14-9-16(25-3)4-5-17(14)18-6-7-20(2)21(24,12-23)10-15-11-22(15,20)19(13)18/h4,13,15,18-19,23-24H,5-12H2,1-3H3/t13?,15?,18-,19-,20-,21?,22+/m1/s1. The Balaban J connectivity index is 1.54. The highest BCUT2D eigenvalue weighted by Gasteiger charge is 2.81. The third-order valence-corrected chi connectivity index (χ3v) is 9.32. The molecule has 5 aliphatic rings. The fraction of sp³-hybridized carbons (Fsp3) is 0.818. The van der Waals surface area contributed by atoms with E-state index in [4.69, 9.17) is 4.74 Å². The van der Waals surface area contributed by atoms with Gasteiger partial charge in [-0.3, -0.25) is 0 Å². The molecule has 0 aromatic rings. The Morgan fingerprint density at radius 1 is 1.32 bits per heavy atom. The predicted octanol–water partition coefficient (Wildman–Crippen LogP) is 3.81. The molecular formula is C22H32O3. The van der Waals surface area contributed by atoms with Crippen LogP contribution in [0.1, 0.15) is 58.8 Å². The van der Waals surface area contributed by atoms with Gasteiger partial charge in [-0.2, -0.15) is 0 Å². The molecule has 5 aliphatic carbocycles. The van der Waals surface area contributed by atoms with E-state index in [0.717, 1.165) is 31.4 Å². The Hall–Kier alpha value is -0.800. The summed E-state index contributed by atoms with van der Waals surface area (Å²) in [6, 6.07) is 0. The molecule has 25 heavy (non-hydrogen) atoms.